The van der Waals surface area contributed by atoms with Crippen molar-refractivity contribution in [1.29, 1.82) is 0 Å². The number of nitrogens with one attached hydrogen (secondary N) is 1. The summed E-state index contributed by atoms with van der Waals surface area (Å²) in [5.41, 5.74) is 1.73. The smallest absolute Gasteiger partial charge is 0.275 e. The van der Waals surface area contributed by atoms with E-state index in [1.54, 1.807) is 25.4 Å². The van der Waals surface area contributed by atoms with E-state index in [0.29, 0.717) is 18.5 Å². The maximum Gasteiger partial charge on any atom is 0.275 e. The first-order chi connectivity index (χ1) is 12.2. The van der Waals surface area contributed by atoms with Crippen molar-refractivity contribution in [3.8, 4) is 0 Å². The zero-order valence-corrected chi connectivity index (χ0v) is 13.9. The molecule has 1 aromatic heterocycles. The quantitative estimate of drug-likeness (QED) is 0.745. The highest BCUT2D eigenvalue weighted by Crippen LogP contribution is 2.09. The molecule has 0 aliphatic heterocycles. The lowest BCUT2D eigenvalue weighted by Crippen LogP contribution is -2.33. The molecule has 128 valence electrons. The first-order valence-corrected chi connectivity index (χ1v) is 7.96. The highest BCUT2D eigenvalue weighted by atomic mass is 16.5. The van der Waals surface area contributed by atoms with Gasteiger partial charge in [0.05, 0.1) is 18.2 Å². The van der Waals surface area contributed by atoms with Crippen LogP contribution >= 0.6 is 0 Å². The van der Waals surface area contributed by atoms with Crippen LogP contribution in [0.5, 0.6) is 0 Å². The van der Waals surface area contributed by atoms with E-state index in [4.69, 9.17) is 4.74 Å². The van der Waals surface area contributed by atoms with Gasteiger partial charge in [0.1, 0.15) is 6.54 Å². The highest BCUT2D eigenvalue weighted by molar-refractivity contribution is 5.81. The van der Waals surface area contributed by atoms with Gasteiger partial charge in [-0.2, -0.15) is 5.10 Å². The minimum atomic E-state index is -0.270. The zero-order chi connectivity index (χ0) is 17.6. The van der Waals surface area contributed by atoms with Gasteiger partial charge in [-0.25, -0.2) is 4.68 Å². The van der Waals surface area contributed by atoms with Gasteiger partial charge in [0.2, 0.25) is 5.91 Å². The van der Waals surface area contributed by atoms with Crippen molar-refractivity contribution in [3.63, 3.8) is 0 Å². The van der Waals surface area contributed by atoms with Gasteiger partial charge in [-0.3, -0.25) is 9.59 Å². The molecule has 0 spiro atoms. The second-order valence-electron chi connectivity index (χ2n) is 5.67. The number of hydrogen-bond acceptors (Lipinski definition) is 4. The number of methoxy groups -OCH3 is 1. The number of nitrogens with zero attached hydrogens (tertiary/aromatic N) is 2. The topological polar surface area (TPSA) is 73.2 Å². The van der Waals surface area contributed by atoms with E-state index < -0.39 is 0 Å². The molecule has 0 saturated carbocycles. The number of fused-ring (bicyclic) bond motifs is 1. The fourth-order valence-electron chi connectivity index (χ4n) is 2.65. The second kappa shape index (κ2) is 7.72. The summed E-state index contributed by atoms with van der Waals surface area (Å²) < 4.78 is 6.34. The van der Waals surface area contributed by atoms with Crippen LogP contribution in [0.1, 0.15) is 11.1 Å². The maximum atomic E-state index is 12.4. The van der Waals surface area contributed by atoms with Crippen LogP contribution < -0.4 is 10.9 Å². The third-order valence-electron chi connectivity index (χ3n) is 3.95. The molecule has 0 aliphatic rings. The number of ether oxygens (including phenoxy) is 1. The van der Waals surface area contributed by atoms with Crippen LogP contribution in [0.4, 0.5) is 0 Å². The Morgan fingerprint density at radius 1 is 1.12 bits per heavy atom. The summed E-state index contributed by atoms with van der Waals surface area (Å²) >= 11 is 0. The molecule has 1 heterocycles. The number of hydrogen-bond donors (Lipinski definition) is 1. The van der Waals surface area contributed by atoms with Crippen molar-refractivity contribution in [2.24, 2.45) is 0 Å². The zero-order valence-electron chi connectivity index (χ0n) is 13.9. The van der Waals surface area contributed by atoms with Crippen LogP contribution in [-0.4, -0.2) is 22.8 Å². The van der Waals surface area contributed by atoms with Gasteiger partial charge >= 0.3 is 0 Å². The van der Waals surface area contributed by atoms with E-state index in [0.717, 1.165) is 16.5 Å². The molecule has 0 unspecified atom stereocenters. The average Bonchev–Trinajstić information content (AvgIpc) is 2.64. The third kappa shape index (κ3) is 3.92. The maximum absolute atomic E-state index is 12.4. The molecule has 6 nitrogen and oxygen atoms in total. The molecule has 1 amide bonds. The SMILES string of the molecule is COCc1ccccc1CNC(=O)Cn1ncc2ccccc2c1=O. The van der Waals surface area contributed by atoms with Gasteiger partial charge in [0, 0.05) is 19.0 Å². The van der Waals surface area contributed by atoms with Crippen molar-refractivity contribution in [2.45, 2.75) is 19.7 Å². The monoisotopic (exact) mass is 337 g/mol. The fraction of sp³-hybridized carbons (Fsp3) is 0.211. The van der Waals surface area contributed by atoms with Crippen molar-refractivity contribution in [2.75, 3.05) is 7.11 Å². The molecule has 3 aromatic rings. The Bertz CT molecular complexity index is 950. The van der Waals surface area contributed by atoms with Crippen LogP contribution in [-0.2, 0) is 29.2 Å². The van der Waals surface area contributed by atoms with Crippen LogP contribution in [0.2, 0.25) is 0 Å². The Labute approximate surface area is 145 Å². The molecule has 25 heavy (non-hydrogen) atoms. The highest BCUT2D eigenvalue weighted by Gasteiger charge is 2.09. The van der Waals surface area contributed by atoms with Crippen LogP contribution in [0.15, 0.2) is 59.5 Å². The number of rotatable bonds is 6. The molecule has 0 saturated heterocycles. The van der Waals surface area contributed by atoms with Crippen LogP contribution in [0, 0.1) is 0 Å². The number of carbonyl (C=O) groups is 1. The summed E-state index contributed by atoms with van der Waals surface area (Å²) in [7, 11) is 1.63. The predicted octanol–water partition coefficient (Wildman–Crippen LogP) is 1.86. The van der Waals surface area contributed by atoms with E-state index in [-0.39, 0.29) is 18.0 Å². The van der Waals surface area contributed by atoms with Crippen molar-refractivity contribution >= 4 is 16.7 Å². The Balaban J connectivity index is 1.69. The van der Waals surface area contributed by atoms with E-state index in [2.05, 4.69) is 10.4 Å². The normalized spacial score (nSPS) is 10.8. The molecule has 0 bridgehead atoms. The molecule has 0 fully saturated rings. The summed E-state index contributed by atoms with van der Waals surface area (Å²) in [5, 5.41) is 8.21. The minimum absolute atomic E-state index is 0.115. The summed E-state index contributed by atoms with van der Waals surface area (Å²) in [6, 6.07) is 14.9. The van der Waals surface area contributed by atoms with Gasteiger partial charge in [0.15, 0.2) is 0 Å². The lowest BCUT2D eigenvalue weighted by atomic mass is 10.1. The number of carbonyl (C=O) groups excluding carboxylic acids is 1. The van der Waals surface area contributed by atoms with Gasteiger partial charge in [-0.15, -0.1) is 0 Å². The van der Waals surface area contributed by atoms with E-state index >= 15 is 0 Å². The standard InChI is InChI=1S/C19H19N3O3/c1-25-13-16-8-3-2-6-14(16)10-20-18(23)12-22-19(24)17-9-5-4-7-15(17)11-21-22/h2-9,11H,10,12-13H2,1H3,(H,20,23). The average molecular weight is 337 g/mol. The number of aromatic nitrogens is 2. The largest absolute Gasteiger partial charge is 0.380 e. The van der Waals surface area contributed by atoms with Gasteiger partial charge in [-0.1, -0.05) is 42.5 Å². The first-order valence-electron chi connectivity index (χ1n) is 7.96. The van der Waals surface area contributed by atoms with E-state index in [1.165, 1.54) is 4.68 Å². The van der Waals surface area contributed by atoms with Gasteiger partial charge < -0.3 is 10.1 Å². The molecule has 1 N–H and O–H groups in total. The molecule has 0 aliphatic carbocycles. The number of amides is 1. The van der Waals surface area contributed by atoms with Gasteiger partial charge in [0.25, 0.3) is 5.56 Å². The molecule has 6 heteroatoms. The molecule has 2 aromatic carbocycles. The summed E-state index contributed by atoms with van der Waals surface area (Å²) in [4.78, 5) is 24.6. The van der Waals surface area contributed by atoms with Gasteiger partial charge in [-0.05, 0) is 17.2 Å². The Morgan fingerprint density at radius 3 is 2.64 bits per heavy atom. The summed E-state index contributed by atoms with van der Waals surface area (Å²) in [6.45, 7) is 0.745. The predicted molar refractivity (Wildman–Crippen MR) is 95.0 cm³/mol. The summed E-state index contributed by atoms with van der Waals surface area (Å²) in [6.07, 6.45) is 1.60. The lowest BCUT2D eigenvalue weighted by Gasteiger charge is -2.11. The Hall–Kier alpha value is -2.99. The molecule has 0 radical (unpaired) electrons. The van der Waals surface area contributed by atoms with Crippen LogP contribution in [0.3, 0.4) is 0 Å². The number of benzene rings is 2. The Kier molecular flexibility index (Phi) is 5.20. The summed E-state index contributed by atoms with van der Waals surface area (Å²) in [5.74, 6) is -0.267. The Morgan fingerprint density at radius 2 is 1.84 bits per heavy atom. The molecule has 3 rings (SSSR count). The van der Waals surface area contributed by atoms with Crippen molar-refractivity contribution < 1.29 is 9.53 Å². The second-order valence-corrected chi connectivity index (χ2v) is 5.67. The third-order valence-corrected chi connectivity index (χ3v) is 3.95. The molecular formula is C19H19N3O3. The van der Waals surface area contributed by atoms with Crippen molar-refractivity contribution in [1.82, 2.24) is 15.1 Å². The van der Waals surface area contributed by atoms with Crippen molar-refractivity contribution in [3.05, 3.63) is 76.2 Å². The lowest BCUT2D eigenvalue weighted by molar-refractivity contribution is -0.122. The first kappa shape index (κ1) is 16.9. The van der Waals surface area contributed by atoms with E-state index in [9.17, 15) is 9.59 Å². The van der Waals surface area contributed by atoms with Crippen LogP contribution in [0.25, 0.3) is 10.8 Å². The van der Waals surface area contributed by atoms with E-state index in [1.807, 2.05) is 36.4 Å². The molecule has 0 atom stereocenters. The molecular weight excluding hydrogens is 318 g/mol. The minimum Gasteiger partial charge on any atom is -0.380 e. The fourth-order valence-corrected chi connectivity index (χ4v) is 2.65.